The topological polar surface area (TPSA) is 50.8 Å². The van der Waals surface area contributed by atoms with Crippen molar-refractivity contribution in [3.05, 3.63) is 53.1 Å². The molecule has 132 valence electrons. The Morgan fingerprint density at radius 2 is 2.00 bits per heavy atom. The van der Waals surface area contributed by atoms with Gasteiger partial charge in [0.1, 0.15) is 5.75 Å². The highest BCUT2D eigenvalue weighted by atomic mass is 35.5. The normalized spacial score (nSPS) is 14.2. The minimum Gasteiger partial charge on any atom is -0.483 e. The van der Waals surface area contributed by atoms with Gasteiger partial charge in [-0.3, -0.25) is 4.79 Å². The number of benzene rings is 2. The van der Waals surface area contributed by atoms with Gasteiger partial charge in [0.05, 0.1) is 23.9 Å². The van der Waals surface area contributed by atoms with E-state index in [-0.39, 0.29) is 12.5 Å². The Hall–Kier alpha value is -2.24. The minimum absolute atomic E-state index is 0.0479. The summed E-state index contributed by atoms with van der Waals surface area (Å²) in [7, 11) is 0. The number of nitrogens with one attached hydrogen (secondary N) is 1. The molecule has 2 aromatic carbocycles. The quantitative estimate of drug-likeness (QED) is 0.886. The molecule has 0 unspecified atom stereocenters. The summed E-state index contributed by atoms with van der Waals surface area (Å²) in [5, 5.41) is 3.42. The molecule has 5 nitrogen and oxygen atoms in total. The number of aryl methyl sites for hydroxylation is 1. The predicted molar refractivity (Wildman–Crippen MR) is 99.8 cm³/mol. The summed E-state index contributed by atoms with van der Waals surface area (Å²) in [4.78, 5) is 14.3. The van der Waals surface area contributed by atoms with Crippen LogP contribution in [0.4, 0.5) is 11.4 Å². The SMILES string of the molecule is Cc1ccccc1OCC(=O)Nc1ccc(N2CCOCC2)c(Cl)c1. The van der Waals surface area contributed by atoms with Crippen molar-refractivity contribution in [2.45, 2.75) is 6.92 Å². The molecule has 1 aliphatic rings. The Labute approximate surface area is 152 Å². The lowest BCUT2D eigenvalue weighted by Gasteiger charge is -2.29. The number of para-hydroxylation sites is 1. The maximum atomic E-state index is 12.1. The summed E-state index contributed by atoms with van der Waals surface area (Å²) in [5.41, 5.74) is 2.60. The van der Waals surface area contributed by atoms with Crippen molar-refractivity contribution in [2.24, 2.45) is 0 Å². The molecule has 1 fully saturated rings. The molecule has 25 heavy (non-hydrogen) atoms. The molecule has 0 aromatic heterocycles. The van der Waals surface area contributed by atoms with Gasteiger partial charge >= 0.3 is 0 Å². The molecule has 2 aromatic rings. The lowest BCUT2D eigenvalue weighted by atomic mass is 10.2. The van der Waals surface area contributed by atoms with Crippen molar-refractivity contribution >= 4 is 28.9 Å². The standard InChI is InChI=1S/C19H21ClN2O3/c1-14-4-2-3-5-18(14)25-13-19(23)21-15-6-7-17(16(20)12-15)22-8-10-24-11-9-22/h2-7,12H,8-11,13H2,1H3,(H,21,23). The molecule has 1 aliphatic heterocycles. The maximum absolute atomic E-state index is 12.1. The fraction of sp³-hybridized carbons (Fsp3) is 0.316. The zero-order valence-corrected chi connectivity index (χ0v) is 14.9. The first-order chi connectivity index (χ1) is 12.1. The second-order valence-corrected chi connectivity index (χ2v) is 6.28. The summed E-state index contributed by atoms with van der Waals surface area (Å²) < 4.78 is 10.9. The fourth-order valence-corrected chi connectivity index (χ4v) is 3.00. The van der Waals surface area contributed by atoms with Crippen molar-refractivity contribution in [1.82, 2.24) is 0 Å². The third-order valence-corrected chi connectivity index (χ3v) is 4.34. The van der Waals surface area contributed by atoms with E-state index in [0.717, 1.165) is 24.3 Å². The van der Waals surface area contributed by atoms with Crippen LogP contribution < -0.4 is 15.0 Å². The van der Waals surface area contributed by atoms with Crippen LogP contribution in [0.2, 0.25) is 5.02 Å². The van der Waals surface area contributed by atoms with Gasteiger partial charge < -0.3 is 19.7 Å². The smallest absolute Gasteiger partial charge is 0.262 e. The van der Waals surface area contributed by atoms with Gasteiger partial charge in [0.2, 0.25) is 0 Å². The molecule has 0 radical (unpaired) electrons. The van der Waals surface area contributed by atoms with E-state index in [0.29, 0.717) is 29.7 Å². The lowest BCUT2D eigenvalue weighted by Crippen LogP contribution is -2.36. The van der Waals surface area contributed by atoms with Crippen molar-refractivity contribution in [3.63, 3.8) is 0 Å². The number of anilines is 2. The fourth-order valence-electron chi connectivity index (χ4n) is 2.70. The molecule has 0 atom stereocenters. The summed E-state index contributed by atoms with van der Waals surface area (Å²) in [6, 6.07) is 13.1. The predicted octanol–water partition coefficient (Wildman–Crippen LogP) is 3.50. The first kappa shape index (κ1) is 17.6. The van der Waals surface area contributed by atoms with Gasteiger partial charge in [-0.1, -0.05) is 29.8 Å². The Morgan fingerprint density at radius 3 is 2.72 bits per heavy atom. The van der Waals surface area contributed by atoms with Crippen LogP contribution in [0.1, 0.15) is 5.56 Å². The van der Waals surface area contributed by atoms with E-state index >= 15 is 0 Å². The van der Waals surface area contributed by atoms with E-state index < -0.39 is 0 Å². The summed E-state index contributed by atoms with van der Waals surface area (Å²) in [6.45, 7) is 4.92. The second kappa shape index (κ2) is 8.23. The molecular formula is C19H21ClN2O3. The Bertz CT molecular complexity index is 745. The monoisotopic (exact) mass is 360 g/mol. The zero-order chi connectivity index (χ0) is 17.6. The van der Waals surface area contributed by atoms with Crippen molar-refractivity contribution in [3.8, 4) is 5.75 Å². The van der Waals surface area contributed by atoms with Gasteiger partial charge in [0.25, 0.3) is 5.91 Å². The molecule has 0 bridgehead atoms. The van der Waals surface area contributed by atoms with Crippen LogP contribution in [0.3, 0.4) is 0 Å². The Morgan fingerprint density at radius 1 is 1.24 bits per heavy atom. The highest BCUT2D eigenvalue weighted by molar-refractivity contribution is 6.33. The van der Waals surface area contributed by atoms with Gasteiger partial charge in [0.15, 0.2) is 6.61 Å². The maximum Gasteiger partial charge on any atom is 0.262 e. The Kier molecular flexibility index (Phi) is 5.79. The molecule has 3 rings (SSSR count). The van der Waals surface area contributed by atoms with Crippen molar-refractivity contribution < 1.29 is 14.3 Å². The molecule has 1 N–H and O–H groups in total. The highest BCUT2D eigenvalue weighted by Gasteiger charge is 2.15. The number of hydrogen-bond acceptors (Lipinski definition) is 4. The third kappa shape index (κ3) is 4.65. The van der Waals surface area contributed by atoms with Crippen LogP contribution in [0.15, 0.2) is 42.5 Å². The number of halogens is 1. The van der Waals surface area contributed by atoms with Gasteiger partial charge in [-0.15, -0.1) is 0 Å². The van der Waals surface area contributed by atoms with Gasteiger partial charge in [-0.05, 0) is 36.8 Å². The summed E-state index contributed by atoms with van der Waals surface area (Å²) >= 11 is 6.37. The minimum atomic E-state index is -0.224. The largest absolute Gasteiger partial charge is 0.483 e. The van der Waals surface area contributed by atoms with Gasteiger partial charge in [-0.25, -0.2) is 0 Å². The number of carbonyl (C=O) groups is 1. The van der Waals surface area contributed by atoms with Crippen molar-refractivity contribution in [2.75, 3.05) is 43.1 Å². The van der Waals surface area contributed by atoms with E-state index in [2.05, 4.69) is 10.2 Å². The lowest BCUT2D eigenvalue weighted by molar-refractivity contribution is -0.118. The van der Waals surface area contributed by atoms with Crippen LogP contribution in [0, 0.1) is 6.92 Å². The van der Waals surface area contributed by atoms with Crippen LogP contribution >= 0.6 is 11.6 Å². The number of ether oxygens (including phenoxy) is 2. The third-order valence-electron chi connectivity index (χ3n) is 4.04. The molecule has 0 aliphatic carbocycles. The number of carbonyl (C=O) groups excluding carboxylic acids is 1. The molecule has 0 saturated carbocycles. The van der Waals surface area contributed by atoms with E-state index in [1.807, 2.05) is 43.3 Å². The second-order valence-electron chi connectivity index (χ2n) is 5.87. The summed E-state index contributed by atoms with van der Waals surface area (Å²) in [5.74, 6) is 0.483. The van der Waals surface area contributed by atoms with Gasteiger partial charge in [-0.2, -0.15) is 0 Å². The Balaban J connectivity index is 1.58. The number of morpholine rings is 1. The van der Waals surface area contributed by atoms with Crippen molar-refractivity contribution in [1.29, 1.82) is 0 Å². The zero-order valence-electron chi connectivity index (χ0n) is 14.1. The van der Waals surface area contributed by atoms with E-state index in [1.165, 1.54) is 0 Å². The van der Waals surface area contributed by atoms with E-state index in [1.54, 1.807) is 6.07 Å². The molecule has 1 saturated heterocycles. The van der Waals surface area contributed by atoms with Crippen LogP contribution in [-0.2, 0) is 9.53 Å². The number of nitrogens with zero attached hydrogens (tertiary/aromatic N) is 1. The first-order valence-corrected chi connectivity index (χ1v) is 8.62. The molecule has 1 amide bonds. The highest BCUT2D eigenvalue weighted by Crippen LogP contribution is 2.29. The average Bonchev–Trinajstić information content (AvgIpc) is 2.62. The number of rotatable bonds is 5. The number of hydrogen-bond donors (Lipinski definition) is 1. The first-order valence-electron chi connectivity index (χ1n) is 8.24. The molecule has 1 heterocycles. The van der Waals surface area contributed by atoms with E-state index in [9.17, 15) is 4.79 Å². The number of amides is 1. The molecule has 0 spiro atoms. The van der Waals surface area contributed by atoms with Gasteiger partial charge in [0, 0.05) is 18.8 Å². The molecular weight excluding hydrogens is 340 g/mol. The van der Waals surface area contributed by atoms with Crippen LogP contribution in [0.5, 0.6) is 5.75 Å². The van der Waals surface area contributed by atoms with Crippen LogP contribution in [0.25, 0.3) is 0 Å². The summed E-state index contributed by atoms with van der Waals surface area (Å²) in [6.07, 6.45) is 0. The molecule has 6 heteroatoms. The van der Waals surface area contributed by atoms with E-state index in [4.69, 9.17) is 21.1 Å². The van der Waals surface area contributed by atoms with Crippen LogP contribution in [-0.4, -0.2) is 38.8 Å². The average molecular weight is 361 g/mol.